The third-order valence-electron chi connectivity index (χ3n) is 5.10. The quantitative estimate of drug-likeness (QED) is 0.912. The van der Waals surface area contributed by atoms with Gasteiger partial charge < -0.3 is 4.98 Å². The van der Waals surface area contributed by atoms with Crippen molar-refractivity contribution in [2.75, 3.05) is 26.2 Å². The number of nitrogens with zero attached hydrogens (tertiary/aromatic N) is 3. The van der Waals surface area contributed by atoms with Crippen LogP contribution in [0, 0.1) is 0 Å². The molecule has 2 aromatic rings. The van der Waals surface area contributed by atoms with E-state index in [0.717, 1.165) is 25.5 Å². The van der Waals surface area contributed by atoms with Gasteiger partial charge in [-0.3, -0.25) is 9.80 Å². The lowest BCUT2D eigenvalue weighted by molar-refractivity contribution is 0.198. The predicted molar refractivity (Wildman–Crippen MR) is 94.7 cm³/mol. The van der Waals surface area contributed by atoms with E-state index in [1.807, 2.05) is 23.7 Å². The van der Waals surface area contributed by atoms with Gasteiger partial charge in [0.15, 0.2) is 0 Å². The van der Waals surface area contributed by atoms with Gasteiger partial charge in [0.25, 0.3) is 0 Å². The van der Waals surface area contributed by atoms with Crippen LogP contribution in [0.25, 0.3) is 0 Å². The van der Waals surface area contributed by atoms with E-state index in [4.69, 9.17) is 0 Å². The highest BCUT2D eigenvalue weighted by Gasteiger charge is 2.23. The maximum Gasteiger partial charge on any atom is 0.110 e. The molecule has 4 nitrogen and oxygen atoms in total. The van der Waals surface area contributed by atoms with E-state index in [2.05, 4.69) is 31.2 Å². The zero-order valence-electron chi connectivity index (χ0n) is 13.7. The molecule has 0 saturated carbocycles. The zero-order valence-corrected chi connectivity index (χ0v) is 14.5. The van der Waals surface area contributed by atoms with E-state index in [9.17, 15) is 0 Å². The fraction of sp³-hybridized carbons (Fsp3) is 0.611. The second-order valence-electron chi connectivity index (χ2n) is 6.95. The average molecular weight is 331 g/mol. The summed E-state index contributed by atoms with van der Waals surface area (Å²) in [6.45, 7) is 7.15. The maximum absolute atomic E-state index is 4.46. The van der Waals surface area contributed by atoms with Gasteiger partial charge in [0.1, 0.15) is 5.82 Å². The van der Waals surface area contributed by atoms with E-state index < -0.39 is 0 Å². The van der Waals surface area contributed by atoms with Crippen molar-refractivity contribution in [2.24, 2.45) is 0 Å². The molecule has 4 heterocycles. The van der Waals surface area contributed by atoms with Crippen LogP contribution in [0.5, 0.6) is 0 Å². The summed E-state index contributed by atoms with van der Waals surface area (Å²) >= 11 is 1.93. The van der Waals surface area contributed by atoms with E-state index >= 15 is 0 Å². The molecule has 0 spiro atoms. The molecule has 0 bridgehead atoms. The Labute approximate surface area is 142 Å². The monoisotopic (exact) mass is 330 g/mol. The minimum atomic E-state index is 0.572. The average Bonchev–Trinajstić information content (AvgIpc) is 3.30. The summed E-state index contributed by atoms with van der Waals surface area (Å²) in [4.78, 5) is 14.4. The number of likely N-dealkylation sites (tertiary alicyclic amines) is 2. The third kappa shape index (κ3) is 3.84. The predicted octanol–water partition coefficient (Wildman–Crippen LogP) is 3.45. The van der Waals surface area contributed by atoms with Gasteiger partial charge in [-0.2, -0.15) is 0 Å². The van der Waals surface area contributed by atoms with E-state index in [0.29, 0.717) is 5.92 Å². The molecule has 1 N–H and O–H groups in total. The van der Waals surface area contributed by atoms with Crippen molar-refractivity contribution in [2.45, 2.75) is 44.7 Å². The molecule has 0 aliphatic carbocycles. The first-order valence-corrected chi connectivity index (χ1v) is 9.75. The summed E-state index contributed by atoms with van der Waals surface area (Å²) in [5, 5.41) is 2.36. The number of imidazole rings is 1. The number of H-pyrrole nitrogens is 1. The van der Waals surface area contributed by atoms with Gasteiger partial charge in [0.2, 0.25) is 0 Å². The van der Waals surface area contributed by atoms with E-state index in [1.54, 1.807) is 0 Å². The highest BCUT2D eigenvalue weighted by atomic mass is 32.1. The fourth-order valence-electron chi connectivity index (χ4n) is 3.93. The zero-order chi connectivity index (χ0) is 15.5. The first-order valence-electron chi connectivity index (χ1n) is 8.87. The van der Waals surface area contributed by atoms with Crippen molar-refractivity contribution in [3.63, 3.8) is 0 Å². The fourth-order valence-corrected chi connectivity index (χ4v) is 4.86. The van der Waals surface area contributed by atoms with Gasteiger partial charge in [-0.1, -0.05) is 0 Å². The molecule has 1 unspecified atom stereocenters. The van der Waals surface area contributed by atoms with E-state index in [-0.39, 0.29) is 0 Å². The number of rotatable bonds is 5. The van der Waals surface area contributed by atoms with Crippen molar-refractivity contribution in [3.8, 4) is 0 Å². The summed E-state index contributed by atoms with van der Waals surface area (Å²) < 4.78 is 0. The molecular formula is C18H26N4S. The molecule has 0 radical (unpaired) electrons. The Kier molecular flexibility index (Phi) is 4.78. The van der Waals surface area contributed by atoms with Gasteiger partial charge in [-0.05, 0) is 62.3 Å². The molecule has 0 aromatic carbocycles. The topological polar surface area (TPSA) is 35.2 Å². The van der Waals surface area contributed by atoms with Crippen molar-refractivity contribution >= 4 is 11.3 Å². The van der Waals surface area contributed by atoms with Gasteiger partial charge >= 0.3 is 0 Å². The Hall–Kier alpha value is -1.17. The largest absolute Gasteiger partial charge is 0.348 e. The molecule has 0 amide bonds. The molecule has 1 atom stereocenters. The van der Waals surface area contributed by atoms with Crippen LogP contribution in [0.4, 0.5) is 0 Å². The molecule has 2 aliphatic heterocycles. The van der Waals surface area contributed by atoms with Crippen molar-refractivity contribution < 1.29 is 0 Å². The van der Waals surface area contributed by atoms with Crippen molar-refractivity contribution in [1.82, 2.24) is 19.8 Å². The first-order chi connectivity index (χ1) is 11.4. The Morgan fingerprint density at radius 2 is 2.00 bits per heavy atom. The standard InChI is InChI=1S/C18H26N4S/c1-2-8-21(7-1)11-15-10-17(23-14-15)13-22-9-3-4-16(12-22)18-19-5-6-20-18/h5-6,10,14,16H,1-4,7-9,11-13H2,(H,19,20). The molecule has 124 valence electrons. The Morgan fingerprint density at radius 1 is 1.13 bits per heavy atom. The van der Waals surface area contributed by atoms with Gasteiger partial charge in [-0.15, -0.1) is 11.3 Å². The molecule has 4 rings (SSSR count). The number of aromatic nitrogens is 2. The number of hydrogen-bond acceptors (Lipinski definition) is 4. The lowest BCUT2D eigenvalue weighted by Crippen LogP contribution is -2.34. The lowest BCUT2D eigenvalue weighted by Gasteiger charge is -2.31. The minimum Gasteiger partial charge on any atom is -0.348 e. The second kappa shape index (κ2) is 7.16. The molecule has 2 aliphatic rings. The minimum absolute atomic E-state index is 0.572. The number of piperidine rings is 1. The summed E-state index contributed by atoms with van der Waals surface area (Å²) in [5.41, 5.74) is 1.51. The molecule has 2 fully saturated rings. The van der Waals surface area contributed by atoms with Crippen LogP contribution in [0.15, 0.2) is 23.8 Å². The highest BCUT2D eigenvalue weighted by Crippen LogP contribution is 2.27. The molecule has 2 saturated heterocycles. The molecular weight excluding hydrogens is 304 g/mol. The van der Waals surface area contributed by atoms with Crippen molar-refractivity contribution in [1.29, 1.82) is 0 Å². The molecule has 5 heteroatoms. The Morgan fingerprint density at radius 3 is 2.83 bits per heavy atom. The summed E-state index contributed by atoms with van der Waals surface area (Å²) in [6.07, 6.45) is 9.10. The van der Waals surface area contributed by atoms with Crippen molar-refractivity contribution in [3.05, 3.63) is 40.1 Å². The highest BCUT2D eigenvalue weighted by molar-refractivity contribution is 7.10. The van der Waals surface area contributed by atoms with Crippen LogP contribution >= 0.6 is 11.3 Å². The van der Waals surface area contributed by atoms with Crippen LogP contribution in [0.1, 0.15) is 47.9 Å². The summed E-state index contributed by atoms with van der Waals surface area (Å²) in [7, 11) is 0. The number of thiophene rings is 1. The van der Waals surface area contributed by atoms with E-state index in [1.165, 1.54) is 55.8 Å². The molecule has 23 heavy (non-hydrogen) atoms. The number of hydrogen-bond donors (Lipinski definition) is 1. The lowest BCUT2D eigenvalue weighted by atomic mass is 9.97. The van der Waals surface area contributed by atoms with Gasteiger partial charge in [0, 0.05) is 42.8 Å². The third-order valence-corrected chi connectivity index (χ3v) is 6.07. The Bertz CT molecular complexity index is 600. The summed E-state index contributed by atoms with van der Waals surface area (Å²) in [5.74, 6) is 1.73. The van der Waals surface area contributed by atoms with Crippen LogP contribution in [0.3, 0.4) is 0 Å². The SMILES string of the molecule is c1c[nH]c(C2CCCN(Cc3cc(CN4CCCC4)cs3)C2)n1. The molecule has 2 aromatic heterocycles. The van der Waals surface area contributed by atoms with Gasteiger partial charge in [0.05, 0.1) is 0 Å². The normalized spacial score (nSPS) is 23.6. The van der Waals surface area contributed by atoms with Crippen LogP contribution in [0.2, 0.25) is 0 Å². The Balaban J connectivity index is 1.33. The summed E-state index contributed by atoms with van der Waals surface area (Å²) in [6, 6.07) is 2.43. The van der Waals surface area contributed by atoms with Crippen LogP contribution in [-0.2, 0) is 13.1 Å². The number of aromatic amines is 1. The second-order valence-corrected chi connectivity index (χ2v) is 7.95. The van der Waals surface area contributed by atoms with Crippen LogP contribution < -0.4 is 0 Å². The maximum atomic E-state index is 4.46. The van der Waals surface area contributed by atoms with Gasteiger partial charge in [-0.25, -0.2) is 4.98 Å². The smallest absolute Gasteiger partial charge is 0.110 e. The van der Waals surface area contributed by atoms with Crippen LogP contribution in [-0.4, -0.2) is 45.9 Å². The first kappa shape index (κ1) is 15.4. The number of nitrogens with one attached hydrogen (secondary N) is 1.